The van der Waals surface area contributed by atoms with Crippen LogP contribution in [0, 0.1) is 6.92 Å². The Bertz CT molecular complexity index is 921. The molecule has 8 heteroatoms. The minimum Gasteiger partial charge on any atom is -0.276 e. The number of nitrogens with zero attached hydrogens (tertiary/aromatic N) is 3. The first-order valence-corrected chi connectivity index (χ1v) is 7.90. The van der Waals surface area contributed by atoms with Crippen LogP contribution in [0.25, 0.3) is 5.65 Å². The number of nitrogens with one attached hydrogen (secondary N) is 1. The maximum atomic E-state index is 12.4. The topological polar surface area (TPSA) is 76.4 Å². The molecule has 0 aliphatic carbocycles. The van der Waals surface area contributed by atoms with Gasteiger partial charge < -0.3 is 0 Å². The van der Waals surface area contributed by atoms with Crippen molar-refractivity contribution in [2.24, 2.45) is 0 Å². The fourth-order valence-electron chi connectivity index (χ4n) is 1.94. The summed E-state index contributed by atoms with van der Waals surface area (Å²) in [7, 11) is -3.73. The summed E-state index contributed by atoms with van der Waals surface area (Å²) >= 11 is 5.87. The van der Waals surface area contributed by atoms with Crippen molar-refractivity contribution in [2.45, 2.75) is 11.8 Å². The van der Waals surface area contributed by atoms with Gasteiger partial charge in [0.15, 0.2) is 5.65 Å². The molecule has 1 aromatic carbocycles. The van der Waals surface area contributed by atoms with Crippen molar-refractivity contribution in [2.75, 3.05) is 4.72 Å². The highest BCUT2D eigenvalue weighted by Crippen LogP contribution is 2.22. The number of aromatic nitrogens is 3. The average Bonchev–Trinajstić information content (AvgIpc) is 2.88. The quantitative estimate of drug-likeness (QED) is 0.803. The number of anilines is 1. The Labute approximate surface area is 126 Å². The second kappa shape index (κ2) is 5.01. The van der Waals surface area contributed by atoms with E-state index in [1.165, 1.54) is 16.8 Å². The van der Waals surface area contributed by atoms with E-state index in [-0.39, 0.29) is 4.90 Å². The van der Waals surface area contributed by atoms with E-state index >= 15 is 0 Å². The van der Waals surface area contributed by atoms with E-state index < -0.39 is 10.0 Å². The summed E-state index contributed by atoms with van der Waals surface area (Å²) in [5, 5.41) is 4.37. The highest BCUT2D eigenvalue weighted by Gasteiger charge is 2.18. The van der Waals surface area contributed by atoms with Gasteiger partial charge in [-0.05, 0) is 24.6 Å². The van der Waals surface area contributed by atoms with Crippen molar-refractivity contribution in [1.29, 1.82) is 0 Å². The molecule has 0 aliphatic heterocycles. The third-order valence-electron chi connectivity index (χ3n) is 2.94. The Morgan fingerprint density at radius 3 is 2.90 bits per heavy atom. The average molecular weight is 323 g/mol. The normalized spacial score (nSPS) is 11.7. The fraction of sp³-hybridized carbons (Fsp3) is 0.0769. The van der Waals surface area contributed by atoms with Crippen LogP contribution in [0.3, 0.4) is 0 Å². The van der Waals surface area contributed by atoms with E-state index in [0.29, 0.717) is 21.9 Å². The van der Waals surface area contributed by atoms with Crippen LogP contribution in [-0.2, 0) is 10.0 Å². The van der Waals surface area contributed by atoms with Crippen LogP contribution in [-0.4, -0.2) is 23.0 Å². The summed E-state index contributed by atoms with van der Waals surface area (Å²) in [6.45, 7) is 1.71. The summed E-state index contributed by atoms with van der Waals surface area (Å²) in [6, 6.07) is 6.44. The molecule has 108 valence electrons. The van der Waals surface area contributed by atoms with E-state index in [1.807, 2.05) is 0 Å². The summed E-state index contributed by atoms with van der Waals surface area (Å²) in [5.74, 6) is 0. The van der Waals surface area contributed by atoms with Crippen molar-refractivity contribution in [3.63, 3.8) is 0 Å². The van der Waals surface area contributed by atoms with Gasteiger partial charge in [0.2, 0.25) is 0 Å². The van der Waals surface area contributed by atoms with Crippen LogP contribution in [0.4, 0.5) is 5.69 Å². The summed E-state index contributed by atoms with van der Waals surface area (Å²) in [6.07, 6.45) is 4.58. The van der Waals surface area contributed by atoms with Crippen LogP contribution < -0.4 is 4.72 Å². The maximum absolute atomic E-state index is 12.4. The minimum atomic E-state index is -3.73. The molecule has 0 aliphatic rings. The highest BCUT2D eigenvalue weighted by molar-refractivity contribution is 7.92. The monoisotopic (exact) mass is 322 g/mol. The Balaban J connectivity index is 2.00. The Kier molecular flexibility index (Phi) is 3.30. The molecule has 0 saturated heterocycles. The van der Waals surface area contributed by atoms with Crippen LogP contribution >= 0.6 is 11.6 Å². The molecule has 1 N–H and O–H groups in total. The molecule has 0 saturated carbocycles. The van der Waals surface area contributed by atoms with Gasteiger partial charge >= 0.3 is 0 Å². The first-order chi connectivity index (χ1) is 9.95. The number of hydrogen-bond acceptors (Lipinski definition) is 4. The van der Waals surface area contributed by atoms with Gasteiger partial charge in [-0.15, -0.1) is 0 Å². The molecule has 21 heavy (non-hydrogen) atoms. The number of rotatable bonds is 3. The lowest BCUT2D eigenvalue weighted by Gasteiger charge is -2.10. The summed E-state index contributed by atoms with van der Waals surface area (Å²) in [5.41, 5.74) is 1.57. The zero-order valence-corrected chi connectivity index (χ0v) is 12.6. The second-order valence-electron chi connectivity index (χ2n) is 4.49. The molecule has 3 rings (SSSR count). The number of benzene rings is 1. The highest BCUT2D eigenvalue weighted by atomic mass is 35.5. The fourth-order valence-corrected chi connectivity index (χ4v) is 3.47. The third kappa shape index (κ3) is 2.70. The predicted molar refractivity (Wildman–Crippen MR) is 80.0 cm³/mol. The summed E-state index contributed by atoms with van der Waals surface area (Å²) < 4.78 is 28.8. The molecule has 0 amide bonds. The molecule has 0 atom stereocenters. The van der Waals surface area contributed by atoms with Crippen molar-refractivity contribution in [1.82, 2.24) is 14.6 Å². The van der Waals surface area contributed by atoms with Crippen LogP contribution in [0.5, 0.6) is 0 Å². The van der Waals surface area contributed by atoms with Gasteiger partial charge in [0.25, 0.3) is 10.0 Å². The van der Waals surface area contributed by atoms with E-state index in [9.17, 15) is 8.42 Å². The Hall–Kier alpha value is -2.12. The standard InChI is InChI=1S/C13H11ClN4O2S/c1-9-2-3-10(14)6-12(9)21(19,20)17-11-7-15-13-4-5-16-18(13)8-11/h2-8,17H,1H3. The minimum absolute atomic E-state index is 0.135. The van der Waals surface area contributed by atoms with Gasteiger partial charge in [-0.1, -0.05) is 17.7 Å². The second-order valence-corrected chi connectivity index (χ2v) is 6.58. The molecule has 0 radical (unpaired) electrons. The molecule has 2 heterocycles. The van der Waals surface area contributed by atoms with Gasteiger partial charge in [-0.3, -0.25) is 4.72 Å². The zero-order chi connectivity index (χ0) is 15.0. The molecular formula is C13H11ClN4O2S. The van der Waals surface area contributed by atoms with E-state index in [4.69, 9.17) is 11.6 Å². The molecule has 0 bridgehead atoms. The van der Waals surface area contributed by atoms with Crippen LogP contribution in [0.2, 0.25) is 5.02 Å². The number of aryl methyl sites for hydroxylation is 1. The van der Waals surface area contributed by atoms with Gasteiger partial charge in [0, 0.05) is 11.1 Å². The lowest BCUT2D eigenvalue weighted by molar-refractivity contribution is 0.600. The summed E-state index contributed by atoms with van der Waals surface area (Å²) in [4.78, 5) is 4.24. The van der Waals surface area contributed by atoms with Crippen molar-refractivity contribution >= 4 is 33.0 Å². The van der Waals surface area contributed by atoms with Crippen molar-refractivity contribution in [3.8, 4) is 0 Å². The number of hydrogen-bond donors (Lipinski definition) is 1. The maximum Gasteiger partial charge on any atom is 0.262 e. The molecule has 0 fully saturated rings. The van der Waals surface area contributed by atoms with Crippen molar-refractivity contribution < 1.29 is 8.42 Å². The van der Waals surface area contributed by atoms with Gasteiger partial charge in [0.1, 0.15) is 0 Å². The van der Waals surface area contributed by atoms with Crippen molar-refractivity contribution in [3.05, 3.63) is 53.4 Å². The van der Waals surface area contributed by atoms with E-state index in [1.54, 1.807) is 37.5 Å². The number of fused-ring (bicyclic) bond motifs is 1. The number of sulfonamides is 1. The van der Waals surface area contributed by atoms with E-state index in [0.717, 1.165) is 0 Å². The molecule has 2 aromatic heterocycles. The molecule has 0 spiro atoms. The van der Waals surface area contributed by atoms with Gasteiger partial charge in [-0.2, -0.15) is 5.10 Å². The first-order valence-electron chi connectivity index (χ1n) is 6.04. The Morgan fingerprint density at radius 1 is 1.29 bits per heavy atom. The lowest BCUT2D eigenvalue weighted by Crippen LogP contribution is -2.15. The number of halogens is 1. The molecule has 3 aromatic rings. The molecule has 0 unspecified atom stereocenters. The van der Waals surface area contributed by atoms with Crippen LogP contribution in [0.15, 0.2) is 47.8 Å². The smallest absolute Gasteiger partial charge is 0.262 e. The van der Waals surface area contributed by atoms with E-state index in [2.05, 4.69) is 14.8 Å². The first kappa shape index (κ1) is 13.8. The lowest BCUT2D eigenvalue weighted by atomic mass is 10.2. The van der Waals surface area contributed by atoms with Crippen LogP contribution in [0.1, 0.15) is 5.56 Å². The molecular weight excluding hydrogens is 312 g/mol. The predicted octanol–water partition coefficient (Wildman–Crippen LogP) is 2.49. The Morgan fingerprint density at radius 2 is 2.10 bits per heavy atom. The SMILES string of the molecule is Cc1ccc(Cl)cc1S(=O)(=O)Nc1cnc2ccnn2c1. The van der Waals surface area contributed by atoms with Gasteiger partial charge in [0.05, 0.1) is 29.2 Å². The molecule has 6 nitrogen and oxygen atoms in total. The van der Waals surface area contributed by atoms with Gasteiger partial charge in [-0.25, -0.2) is 17.9 Å². The largest absolute Gasteiger partial charge is 0.276 e. The third-order valence-corrected chi connectivity index (χ3v) is 4.70. The zero-order valence-electron chi connectivity index (χ0n) is 11.0.